The monoisotopic (exact) mass is 442 g/mol. The highest BCUT2D eigenvalue weighted by Crippen LogP contribution is 2.38. The van der Waals surface area contributed by atoms with E-state index in [0.717, 1.165) is 12.1 Å². The van der Waals surface area contributed by atoms with Crippen molar-refractivity contribution >= 4 is 23.2 Å². The molecule has 0 aromatic heterocycles. The van der Waals surface area contributed by atoms with Crippen LogP contribution in [0, 0.1) is 5.82 Å². The fourth-order valence-electron chi connectivity index (χ4n) is 3.72. The van der Waals surface area contributed by atoms with Crippen molar-refractivity contribution in [3.8, 4) is 0 Å². The molecule has 0 N–H and O–H groups in total. The van der Waals surface area contributed by atoms with E-state index in [1.54, 1.807) is 31.2 Å². The van der Waals surface area contributed by atoms with Crippen LogP contribution in [0.4, 0.5) is 28.9 Å². The third-order valence-corrected chi connectivity index (χ3v) is 5.37. The maximum atomic E-state index is 13.3. The number of carbonyl (C=O) groups excluding carboxylic acids is 2. The number of carbonyl (C=O) groups is 2. The van der Waals surface area contributed by atoms with Crippen LogP contribution in [0.3, 0.4) is 0 Å². The minimum atomic E-state index is -4.44. The van der Waals surface area contributed by atoms with Gasteiger partial charge in [0.05, 0.1) is 23.5 Å². The first-order chi connectivity index (χ1) is 15.2. The van der Waals surface area contributed by atoms with Gasteiger partial charge in [-0.2, -0.15) is 13.2 Å². The highest BCUT2D eigenvalue weighted by Gasteiger charge is 2.39. The lowest BCUT2D eigenvalue weighted by Gasteiger charge is -2.40. The molecule has 1 atom stereocenters. The molecule has 1 aliphatic rings. The second-order valence-electron chi connectivity index (χ2n) is 7.47. The van der Waals surface area contributed by atoms with Crippen LogP contribution in [-0.4, -0.2) is 17.9 Å². The van der Waals surface area contributed by atoms with Crippen molar-refractivity contribution in [3.05, 3.63) is 95.3 Å². The van der Waals surface area contributed by atoms with Crippen LogP contribution < -0.4 is 9.80 Å². The van der Waals surface area contributed by atoms with Gasteiger partial charge in [-0.3, -0.25) is 14.5 Å². The number of fused-ring (bicyclic) bond motifs is 1. The second kappa shape index (κ2) is 8.11. The molecule has 0 bridgehead atoms. The largest absolute Gasteiger partial charge is 0.416 e. The van der Waals surface area contributed by atoms with Gasteiger partial charge in [-0.25, -0.2) is 4.39 Å². The number of hydrogen-bond donors (Lipinski definition) is 0. The number of benzene rings is 3. The first kappa shape index (κ1) is 21.5. The average molecular weight is 442 g/mol. The van der Waals surface area contributed by atoms with E-state index in [-0.39, 0.29) is 18.0 Å². The zero-order valence-corrected chi connectivity index (χ0v) is 16.9. The zero-order valence-electron chi connectivity index (χ0n) is 16.9. The van der Waals surface area contributed by atoms with E-state index in [9.17, 15) is 27.2 Å². The molecule has 1 heterocycles. The highest BCUT2D eigenvalue weighted by atomic mass is 19.4. The predicted molar refractivity (Wildman–Crippen MR) is 112 cm³/mol. The summed E-state index contributed by atoms with van der Waals surface area (Å²) in [5.41, 5.74) is 0.937. The number of anilines is 2. The summed E-state index contributed by atoms with van der Waals surface area (Å²) in [4.78, 5) is 29.2. The molecular formula is C24H18F4N2O2. The Balaban J connectivity index is 1.68. The molecule has 0 spiro atoms. The minimum absolute atomic E-state index is 0.0525. The number of amides is 2. The molecule has 4 nitrogen and oxygen atoms in total. The third kappa shape index (κ3) is 3.95. The average Bonchev–Trinajstić information content (AvgIpc) is 2.77. The molecule has 4 rings (SSSR count). The van der Waals surface area contributed by atoms with Gasteiger partial charge < -0.3 is 4.90 Å². The summed E-state index contributed by atoms with van der Waals surface area (Å²) in [5.74, 6) is -1.31. The molecule has 1 aliphatic heterocycles. The van der Waals surface area contributed by atoms with Crippen molar-refractivity contribution < 1.29 is 27.2 Å². The molecule has 0 aliphatic carbocycles. The third-order valence-electron chi connectivity index (χ3n) is 5.37. The second-order valence-corrected chi connectivity index (χ2v) is 7.47. The fourth-order valence-corrected chi connectivity index (χ4v) is 3.72. The smallest absolute Gasteiger partial charge is 0.304 e. The Morgan fingerprint density at radius 3 is 2.09 bits per heavy atom. The summed E-state index contributed by atoms with van der Waals surface area (Å²) < 4.78 is 51.8. The normalized spacial score (nSPS) is 16.2. The molecule has 32 heavy (non-hydrogen) atoms. The molecule has 0 fully saturated rings. The van der Waals surface area contributed by atoms with Crippen molar-refractivity contribution in [3.63, 3.8) is 0 Å². The van der Waals surface area contributed by atoms with Crippen molar-refractivity contribution in [1.29, 1.82) is 0 Å². The molecule has 0 radical (unpaired) electrons. The zero-order chi connectivity index (χ0) is 23.0. The number of rotatable bonds is 3. The molecule has 0 saturated carbocycles. The molecule has 8 heteroatoms. The number of nitrogens with zero attached hydrogens (tertiary/aromatic N) is 2. The van der Waals surface area contributed by atoms with Crippen molar-refractivity contribution in [1.82, 2.24) is 0 Å². The van der Waals surface area contributed by atoms with E-state index in [4.69, 9.17) is 0 Å². The molecule has 2 amide bonds. The Labute approximate surface area is 181 Å². The van der Waals surface area contributed by atoms with Gasteiger partial charge in [0.2, 0.25) is 5.91 Å². The summed E-state index contributed by atoms with van der Waals surface area (Å²) in [6, 6.07) is 15.6. The number of alkyl halides is 3. The van der Waals surface area contributed by atoms with Gasteiger partial charge >= 0.3 is 6.18 Å². The lowest BCUT2D eigenvalue weighted by Crippen LogP contribution is -2.54. The Kier molecular flexibility index (Phi) is 5.46. The van der Waals surface area contributed by atoms with Crippen LogP contribution in [0.25, 0.3) is 0 Å². The summed E-state index contributed by atoms with van der Waals surface area (Å²) in [6.45, 7) is 1.64. The lowest BCUT2D eigenvalue weighted by molar-refractivity contribution is -0.137. The van der Waals surface area contributed by atoms with Crippen LogP contribution in [0.5, 0.6) is 0 Å². The Bertz CT molecular complexity index is 1160. The highest BCUT2D eigenvalue weighted by molar-refractivity contribution is 6.17. The van der Waals surface area contributed by atoms with E-state index in [1.165, 1.54) is 46.2 Å². The SMILES string of the molecule is CC1C(=O)N(Cc2ccc(C(F)(F)F)cc2)c2ccccc2N1C(=O)c1ccc(F)cc1. The Hall–Kier alpha value is -3.68. The standard InChI is InChI=1S/C24H18F4N2O2/c1-15-22(31)29(14-16-6-10-18(11-7-16)24(26,27)28)20-4-2-3-5-21(20)30(15)23(32)17-8-12-19(25)13-9-17/h2-13,15H,14H2,1H3. The maximum absolute atomic E-state index is 13.3. The van der Waals surface area contributed by atoms with Crippen LogP contribution in [0.2, 0.25) is 0 Å². The van der Waals surface area contributed by atoms with Gasteiger partial charge in [-0.1, -0.05) is 24.3 Å². The minimum Gasteiger partial charge on any atom is -0.304 e. The van der Waals surface area contributed by atoms with E-state index in [1.807, 2.05) is 0 Å². The summed E-state index contributed by atoms with van der Waals surface area (Å²) >= 11 is 0. The predicted octanol–water partition coefficient (Wildman–Crippen LogP) is 5.43. The number of hydrogen-bond acceptors (Lipinski definition) is 2. The van der Waals surface area contributed by atoms with Gasteiger partial charge in [-0.15, -0.1) is 0 Å². The lowest BCUT2D eigenvalue weighted by atomic mass is 10.0. The molecular weight excluding hydrogens is 424 g/mol. The molecule has 3 aromatic carbocycles. The van der Waals surface area contributed by atoms with Crippen molar-refractivity contribution in [2.24, 2.45) is 0 Å². The Morgan fingerprint density at radius 2 is 1.50 bits per heavy atom. The van der Waals surface area contributed by atoms with Gasteiger partial charge in [0.1, 0.15) is 11.9 Å². The van der Waals surface area contributed by atoms with E-state index >= 15 is 0 Å². The van der Waals surface area contributed by atoms with Gasteiger partial charge in [0.15, 0.2) is 0 Å². The summed E-state index contributed by atoms with van der Waals surface area (Å²) in [6.07, 6.45) is -4.44. The topological polar surface area (TPSA) is 40.6 Å². The van der Waals surface area contributed by atoms with E-state index < -0.39 is 29.5 Å². The molecule has 3 aromatic rings. The van der Waals surface area contributed by atoms with E-state index in [2.05, 4.69) is 0 Å². The van der Waals surface area contributed by atoms with Crippen LogP contribution in [-0.2, 0) is 17.5 Å². The Morgan fingerprint density at radius 1 is 0.906 bits per heavy atom. The maximum Gasteiger partial charge on any atom is 0.416 e. The molecule has 164 valence electrons. The van der Waals surface area contributed by atoms with Crippen molar-refractivity contribution in [2.75, 3.05) is 9.80 Å². The number of para-hydroxylation sites is 2. The van der Waals surface area contributed by atoms with Crippen LogP contribution in [0.1, 0.15) is 28.4 Å². The van der Waals surface area contributed by atoms with Crippen LogP contribution >= 0.6 is 0 Å². The summed E-state index contributed by atoms with van der Waals surface area (Å²) in [5, 5.41) is 0. The van der Waals surface area contributed by atoms with Crippen LogP contribution in [0.15, 0.2) is 72.8 Å². The fraction of sp³-hybridized carbons (Fsp3) is 0.167. The first-order valence-electron chi connectivity index (χ1n) is 9.82. The van der Waals surface area contributed by atoms with E-state index in [0.29, 0.717) is 16.9 Å². The van der Waals surface area contributed by atoms with Gasteiger partial charge in [0, 0.05) is 5.56 Å². The number of halogens is 4. The molecule has 1 unspecified atom stereocenters. The quantitative estimate of drug-likeness (QED) is 0.508. The van der Waals surface area contributed by atoms with Crippen molar-refractivity contribution in [2.45, 2.75) is 25.7 Å². The first-order valence-corrected chi connectivity index (χ1v) is 9.82. The van der Waals surface area contributed by atoms with Gasteiger partial charge in [-0.05, 0) is 61.0 Å². The van der Waals surface area contributed by atoms with Gasteiger partial charge in [0.25, 0.3) is 5.91 Å². The summed E-state index contributed by atoms with van der Waals surface area (Å²) in [7, 11) is 0. The molecule has 0 saturated heterocycles.